The molecule has 3 rings (SSSR count). The van der Waals surface area contributed by atoms with E-state index in [-0.39, 0.29) is 5.91 Å². The number of carbonyl (C=O) groups is 1. The van der Waals surface area contributed by atoms with E-state index in [1.165, 1.54) is 6.07 Å². The number of nitrogens with one attached hydrogen (secondary N) is 1. The van der Waals surface area contributed by atoms with Gasteiger partial charge in [0, 0.05) is 5.69 Å². The second kappa shape index (κ2) is 4.37. The molecule has 0 aromatic heterocycles. The van der Waals surface area contributed by atoms with Gasteiger partial charge < -0.3 is 5.32 Å². The van der Waals surface area contributed by atoms with Gasteiger partial charge in [-0.15, -0.1) is 0 Å². The molecule has 0 aliphatic carbocycles. The Kier molecular flexibility index (Phi) is 2.78. The summed E-state index contributed by atoms with van der Waals surface area (Å²) >= 11 is 0. The van der Waals surface area contributed by atoms with Crippen LogP contribution in [-0.2, 0) is 11.0 Å². The highest BCUT2D eigenvalue weighted by atomic mass is 19.4. The quantitative estimate of drug-likeness (QED) is 0.844. The van der Waals surface area contributed by atoms with E-state index in [4.69, 9.17) is 0 Å². The molecule has 1 heterocycles. The van der Waals surface area contributed by atoms with Crippen LogP contribution < -0.4 is 5.32 Å². The second-order valence-electron chi connectivity index (χ2n) is 4.63. The van der Waals surface area contributed by atoms with Crippen molar-refractivity contribution in [3.63, 3.8) is 0 Å². The van der Waals surface area contributed by atoms with Crippen LogP contribution in [-0.4, -0.2) is 5.91 Å². The summed E-state index contributed by atoms with van der Waals surface area (Å²) in [6.07, 6.45) is -4.41. The summed E-state index contributed by atoms with van der Waals surface area (Å²) < 4.78 is 38.3. The number of hydrogen-bond donors (Lipinski definition) is 1. The first kappa shape index (κ1) is 12.7. The standard InChI is InChI=1S/C15H10F3NO/c16-15(17,18)10-6-7-12-11(8-10)13(14(20)19-12)9-4-2-1-3-5-9/h1-8,13H,(H,19,20). The average Bonchev–Trinajstić information content (AvgIpc) is 2.73. The van der Waals surface area contributed by atoms with Gasteiger partial charge in [0.15, 0.2) is 0 Å². The minimum atomic E-state index is -4.41. The van der Waals surface area contributed by atoms with E-state index in [2.05, 4.69) is 5.32 Å². The number of rotatable bonds is 1. The Morgan fingerprint density at radius 3 is 2.35 bits per heavy atom. The van der Waals surface area contributed by atoms with Crippen molar-refractivity contribution < 1.29 is 18.0 Å². The summed E-state index contributed by atoms with van der Waals surface area (Å²) in [7, 11) is 0. The highest BCUT2D eigenvalue weighted by Crippen LogP contribution is 2.40. The van der Waals surface area contributed by atoms with Gasteiger partial charge in [-0.25, -0.2) is 0 Å². The maximum absolute atomic E-state index is 12.8. The summed E-state index contributed by atoms with van der Waals surface area (Å²) in [4.78, 5) is 12.0. The minimum Gasteiger partial charge on any atom is -0.325 e. The maximum atomic E-state index is 12.8. The molecule has 1 aliphatic rings. The zero-order valence-corrected chi connectivity index (χ0v) is 10.2. The first-order valence-corrected chi connectivity index (χ1v) is 6.04. The van der Waals surface area contributed by atoms with E-state index in [1.54, 1.807) is 30.3 Å². The highest BCUT2D eigenvalue weighted by molar-refractivity contribution is 6.05. The van der Waals surface area contributed by atoms with Crippen LogP contribution in [0.15, 0.2) is 48.5 Å². The van der Waals surface area contributed by atoms with Crippen molar-refractivity contribution in [2.45, 2.75) is 12.1 Å². The van der Waals surface area contributed by atoms with Gasteiger partial charge in [-0.3, -0.25) is 4.79 Å². The Bertz CT molecular complexity index is 665. The predicted octanol–water partition coefficient (Wildman–Crippen LogP) is 3.79. The maximum Gasteiger partial charge on any atom is 0.416 e. The fourth-order valence-corrected chi connectivity index (χ4v) is 2.41. The average molecular weight is 277 g/mol. The molecular formula is C15H10F3NO. The van der Waals surface area contributed by atoms with Crippen molar-refractivity contribution in [2.75, 3.05) is 5.32 Å². The Morgan fingerprint density at radius 2 is 1.70 bits per heavy atom. The van der Waals surface area contributed by atoms with Gasteiger partial charge in [-0.1, -0.05) is 30.3 Å². The lowest BCUT2D eigenvalue weighted by Gasteiger charge is -2.12. The van der Waals surface area contributed by atoms with Gasteiger partial charge in [0.25, 0.3) is 0 Å². The third kappa shape index (κ3) is 2.05. The van der Waals surface area contributed by atoms with E-state index in [1.807, 2.05) is 0 Å². The molecule has 1 amide bonds. The van der Waals surface area contributed by atoms with Crippen molar-refractivity contribution >= 4 is 11.6 Å². The summed E-state index contributed by atoms with van der Waals surface area (Å²) in [6, 6.07) is 12.1. The third-order valence-electron chi connectivity index (χ3n) is 3.34. The van der Waals surface area contributed by atoms with Crippen LogP contribution in [0.2, 0.25) is 0 Å². The molecule has 5 heteroatoms. The minimum absolute atomic E-state index is 0.300. The number of hydrogen-bond acceptors (Lipinski definition) is 1. The largest absolute Gasteiger partial charge is 0.416 e. The number of carbonyl (C=O) groups excluding carboxylic acids is 1. The van der Waals surface area contributed by atoms with Crippen molar-refractivity contribution in [3.05, 3.63) is 65.2 Å². The Labute approximate surface area is 113 Å². The topological polar surface area (TPSA) is 29.1 Å². The number of alkyl halides is 3. The molecule has 102 valence electrons. The fraction of sp³-hybridized carbons (Fsp3) is 0.133. The molecular weight excluding hydrogens is 267 g/mol. The van der Waals surface area contributed by atoms with Crippen molar-refractivity contribution in [2.24, 2.45) is 0 Å². The lowest BCUT2D eigenvalue weighted by Crippen LogP contribution is -2.13. The molecule has 1 aliphatic heterocycles. The number of anilines is 1. The monoisotopic (exact) mass is 277 g/mol. The van der Waals surface area contributed by atoms with Crippen LogP contribution in [0.25, 0.3) is 0 Å². The summed E-state index contributed by atoms with van der Waals surface area (Å²) in [6.45, 7) is 0. The van der Waals surface area contributed by atoms with Gasteiger partial charge >= 0.3 is 6.18 Å². The van der Waals surface area contributed by atoms with Crippen molar-refractivity contribution in [1.82, 2.24) is 0 Å². The van der Waals surface area contributed by atoms with Gasteiger partial charge in [-0.05, 0) is 29.3 Å². The molecule has 2 aromatic carbocycles. The zero-order valence-electron chi connectivity index (χ0n) is 10.2. The molecule has 1 N–H and O–H groups in total. The Balaban J connectivity index is 2.11. The number of benzene rings is 2. The number of amides is 1. The normalized spacial score (nSPS) is 17.8. The zero-order chi connectivity index (χ0) is 14.3. The Morgan fingerprint density at radius 1 is 1.00 bits per heavy atom. The smallest absolute Gasteiger partial charge is 0.325 e. The lowest BCUT2D eigenvalue weighted by atomic mass is 9.91. The van der Waals surface area contributed by atoms with E-state index in [0.717, 1.165) is 12.1 Å². The van der Waals surface area contributed by atoms with Crippen LogP contribution >= 0.6 is 0 Å². The predicted molar refractivity (Wildman–Crippen MR) is 68.4 cm³/mol. The van der Waals surface area contributed by atoms with Gasteiger partial charge in [0.05, 0.1) is 11.5 Å². The fourth-order valence-electron chi connectivity index (χ4n) is 2.41. The van der Waals surface area contributed by atoms with Crippen LogP contribution in [0.3, 0.4) is 0 Å². The number of fused-ring (bicyclic) bond motifs is 1. The van der Waals surface area contributed by atoms with Gasteiger partial charge in [-0.2, -0.15) is 13.2 Å². The first-order valence-electron chi connectivity index (χ1n) is 6.04. The molecule has 2 nitrogen and oxygen atoms in total. The third-order valence-corrected chi connectivity index (χ3v) is 3.34. The first-order chi connectivity index (χ1) is 9.47. The Hall–Kier alpha value is -2.30. The molecule has 0 fully saturated rings. The molecule has 20 heavy (non-hydrogen) atoms. The highest BCUT2D eigenvalue weighted by Gasteiger charge is 2.36. The van der Waals surface area contributed by atoms with E-state index in [9.17, 15) is 18.0 Å². The van der Waals surface area contributed by atoms with Gasteiger partial charge in [0.1, 0.15) is 0 Å². The molecule has 1 unspecified atom stereocenters. The van der Waals surface area contributed by atoms with Crippen molar-refractivity contribution in [3.8, 4) is 0 Å². The second-order valence-corrected chi connectivity index (χ2v) is 4.63. The van der Waals surface area contributed by atoms with E-state index < -0.39 is 17.7 Å². The van der Waals surface area contributed by atoms with Crippen molar-refractivity contribution in [1.29, 1.82) is 0 Å². The SMILES string of the molecule is O=C1Nc2ccc(C(F)(F)F)cc2C1c1ccccc1. The van der Waals surface area contributed by atoms with E-state index in [0.29, 0.717) is 16.8 Å². The van der Waals surface area contributed by atoms with Gasteiger partial charge in [0.2, 0.25) is 5.91 Å². The molecule has 0 saturated heterocycles. The van der Waals surface area contributed by atoms with Crippen LogP contribution in [0.5, 0.6) is 0 Å². The molecule has 2 aromatic rings. The molecule has 0 saturated carbocycles. The lowest BCUT2D eigenvalue weighted by molar-refractivity contribution is -0.137. The van der Waals surface area contributed by atoms with E-state index >= 15 is 0 Å². The molecule has 0 radical (unpaired) electrons. The summed E-state index contributed by atoms with van der Waals surface area (Å²) in [5.41, 5.74) is 0.754. The summed E-state index contributed by atoms with van der Waals surface area (Å²) in [5, 5.41) is 2.62. The summed E-state index contributed by atoms with van der Waals surface area (Å²) in [5.74, 6) is -0.987. The van der Waals surface area contributed by atoms with Crippen LogP contribution in [0.1, 0.15) is 22.6 Å². The number of halogens is 3. The van der Waals surface area contributed by atoms with Crippen LogP contribution in [0.4, 0.5) is 18.9 Å². The molecule has 0 bridgehead atoms. The molecule has 1 atom stereocenters. The molecule has 0 spiro atoms. The van der Waals surface area contributed by atoms with Crippen LogP contribution in [0, 0.1) is 0 Å².